The number of nitrogens with zero attached hydrogens (tertiary/aromatic N) is 2. The molecule has 0 bridgehead atoms. The fourth-order valence-corrected chi connectivity index (χ4v) is 4.39. The van der Waals surface area contributed by atoms with E-state index in [-0.39, 0.29) is 11.5 Å². The van der Waals surface area contributed by atoms with Gasteiger partial charge in [0.2, 0.25) is 5.91 Å². The van der Waals surface area contributed by atoms with Crippen molar-refractivity contribution in [1.82, 2.24) is 20.9 Å². The van der Waals surface area contributed by atoms with Crippen LogP contribution in [-0.4, -0.2) is 60.9 Å². The molecule has 2 unspecified atom stereocenters. The van der Waals surface area contributed by atoms with E-state index in [0.29, 0.717) is 29.9 Å². The first-order chi connectivity index (χ1) is 14.0. The van der Waals surface area contributed by atoms with Gasteiger partial charge < -0.3 is 21.1 Å². The number of halogens is 1. The van der Waals surface area contributed by atoms with Gasteiger partial charge in [-0.3, -0.25) is 20.4 Å². The van der Waals surface area contributed by atoms with Crippen LogP contribution in [0.3, 0.4) is 0 Å². The average Bonchev–Trinajstić information content (AvgIpc) is 2.65. The Morgan fingerprint density at radius 1 is 1.38 bits per heavy atom. The summed E-state index contributed by atoms with van der Waals surface area (Å²) in [5.41, 5.74) is 6.66. The highest BCUT2D eigenvalue weighted by atomic mass is 35.5. The molecule has 1 spiro atoms. The Morgan fingerprint density at radius 3 is 2.72 bits per heavy atom. The van der Waals surface area contributed by atoms with Gasteiger partial charge in [-0.1, -0.05) is 5.18 Å². The molecule has 1 saturated carbocycles. The second-order valence-corrected chi connectivity index (χ2v) is 8.74. The number of aromatic nitrogens is 1. The molecule has 1 aromatic heterocycles. The van der Waals surface area contributed by atoms with Crippen molar-refractivity contribution >= 4 is 23.2 Å². The van der Waals surface area contributed by atoms with Crippen molar-refractivity contribution in [3.05, 3.63) is 23.4 Å². The zero-order valence-electron chi connectivity index (χ0n) is 15.9. The van der Waals surface area contributed by atoms with Crippen LogP contribution in [-0.2, 0) is 4.79 Å². The number of nitroso groups, excluding NO2 is 1. The first kappa shape index (κ1) is 20.4. The van der Waals surface area contributed by atoms with E-state index in [1.807, 2.05) is 0 Å². The maximum absolute atomic E-state index is 13.0. The fourth-order valence-electron chi connectivity index (χ4n) is 4.21. The van der Waals surface area contributed by atoms with Gasteiger partial charge in [-0.2, -0.15) is 0 Å². The molecule has 1 amide bonds. The molecule has 4 rings (SSSR count). The summed E-state index contributed by atoms with van der Waals surface area (Å²) in [7, 11) is 0. The molecule has 1 aromatic rings. The van der Waals surface area contributed by atoms with Crippen LogP contribution < -0.4 is 31.7 Å². The third kappa shape index (κ3) is 4.36. The van der Waals surface area contributed by atoms with Crippen LogP contribution in [0.2, 0.25) is 0 Å². The Labute approximate surface area is 173 Å². The SMILES string of the molecule is NC(N=O)C(C(=O)Nc1cnccc1OC1CC2(CNC2)C1)C1NCC(Cl)CN1. The van der Waals surface area contributed by atoms with Gasteiger partial charge in [0.15, 0.2) is 6.17 Å². The van der Waals surface area contributed by atoms with Crippen LogP contribution in [0, 0.1) is 16.2 Å². The zero-order chi connectivity index (χ0) is 20.4. The van der Waals surface area contributed by atoms with E-state index in [9.17, 15) is 9.70 Å². The Bertz CT molecular complexity index is 747. The van der Waals surface area contributed by atoms with Gasteiger partial charge in [0.1, 0.15) is 23.5 Å². The van der Waals surface area contributed by atoms with Gasteiger partial charge in [-0.25, -0.2) is 0 Å². The van der Waals surface area contributed by atoms with Crippen molar-refractivity contribution in [2.75, 3.05) is 31.5 Å². The molecule has 2 atom stereocenters. The van der Waals surface area contributed by atoms with Crippen LogP contribution in [0.5, 0.6) is 5.75 Å². The molecule has 11 heteroatoms. The minimum absolute atomic E-state index is 0.106. The smallest absolute Gasteiger partial charge is 0.234 e. The van der Waals surface area contributed by atoms with E-state index in [0.717, 1.165) is 25.9 Å². The number of ether oxygens (including phenoxy) is 1. The van der Waals surface area contributed by atoms with E-state index < -0.39 is 24.2 Å². The summed E-state index contributed by atoms with van der Waals surface area (Å²) in [6.45, 7) is 3.06. The van der Waals surface area contributed by atoms with Crippen molar-refractivity contribution < 1.29 is 9.53 Å². The van der Waals surface area contributed by atoms with Gasteiger partial charge in [0.05, 0.1) is 17.7 Å². The number of nitrogens with two attached hydrogens (primary N) is 1. The summed E-state index contributed by atoms with van der Waals surface area (Å²) >= 11 is 6.06. The highest BCUT2D eigenvalue weighted by molar-refractivity contribution is 6.21. The molecule has 1 aliphatic carbocycles. The first-order valence-corrected chi connectivity index (χ1v) is 10.2. The standard InChI is InChI=1S/C18H26ClN7O3/c19-10-5-23-16(24-6-10)14(15(20)26-28)17(27)25-12-7-21-2-1-13(12)29-11-3-18(4-11)8-22-9-18/h1-2,7,10-11,14-16,22-24H,3-6,8-9,20H2,(H,25,27). The lowest BCUT2D eigenvalue weighted by Gasteiger charge is -2.53. The van der Waals surface area contributed by atoms with Gasteiger partial charge in [-0.05, 0) is 12.8 Å². The molecule has 0 radical (unpaired) electrons. The molecular weight excluding hydrogens is 398 g/mol. The topological polar surface area (TPSA) is 143 Å². The van der Waals surface area contributed by atoms with Crippen LogP contribution in [0.1, 0.15) is 12.8 Å². The maximum Gasteiger partial charge on any atom is 0.234 e. The lowest BCUT2D eigenvalue weighted by atomic mass is 9.63. The Morgan fingerprint density at radius 2 is 2.10 bits per heavy atom. The second kappa shape index (κ2) is 8.49. The number of alkyl halides is 1. The van der Waals surface area contributed by atoms with Crippen molar-refractivity contribution in [3.63, 3.8) is 0 Å². The number of carbonyl (C=O) groups is 1. The number of nitrogens with one attached hydrogen (secondary N) is 4. The van der Waals surface area contributed by atoms with Crippen molar-refractivity contribution in [1.29, 1.82) is 0 Å². The number of carbonyl (C=O) groups excluding carboxylic acids is 1. The van der Waals surface area contributed by atoms with Crippen molar-refractivity contribution in [2.45, 2.75) is 36.7 Å². The third-order valence-corrected chi connectivity index (χ3v) is 6.23. The molecule has 6 N–H and O–H groups in total. The number of pyridine rings is 1. The lowest BCUT2D eigenvalue weighted by Crippen LogP contribution is -2.63. The predicted octanol–water partition coefficient (Wildman–Crippen LogP) is -0.0554. The van der Waals surface area contributed by atoms with E-state index in [2.05, 4.69) is 31.4 Å². The van der Waals surface area contributed by atoms with Crippen molar-refractivity contribution in [3.8, 4) is 5.75 Å². The third-order valence-electron chi connectivity index (χ3n) is 5.92. The first-order valence-electron chi connectivity index (χ1n) is 9.81. The summed E-state index contributed by atoms with van der Waals surface area (Å²) in [4.78, 5) is 28.1. The number of rotatable bonds is 7. The van der Waals surface area contributed by atoms with Crippen LogP contribution in [0.15, 0.2) is 23.6 Å². The summed E-state index contributed by atoms with van der Waals surface area (Å²) in [5, 5.41) is 15.1. The molecule has 29 heavy (non-hydrogen) atoms. The summed E-state index contributed by atoms with van der Waals surface area (Å²) < 4.78 is 6.09. The molecule has 0 aromatic carbocycles. The van der Waals surface area contributed by atoms with Crippen LogP contribution in [0.25, 0.3) is 0 Å². The summed E-state index contributed by atoms with van der Waals surface area (Å²) in [6, 6.07) is 1.72. The Hall–Kier alpha value is -1.85. The maximum atomic E-state index is 13.0. The van der Waals surface area contributed by atoms with Crippen LogP contribution >= 0.6 is 11.6 Å². The van der Waals surface area contributed by atoms with E-state index in [4.69, 9.17) is 22.1 Å². The molecule has 2 saturated heterocycles. The number of anilines is 1. The molecule has 158 valence electrons. The summed E-state index contributed by atoms with van der Waals surface area (Å²) in [6.07, 6.45) is 3.52. The van der Waals surface area contributed by atoms with Gasteiger partial charge >= 0.3 is 0 Å². The largest absolute Gasteiger partial charge is 0.488 e. The fraction of sp³-hybridized carbons (Fsp3) is 0.667. The quantitative estimate of drug-likeness (QED) is 0.303. The minimum Gasteiger partial charge on any atom is -0.488 e. The van der Waals surface area contributed by atoms with E-state index in [1.54, 1.807) is 12.3 Å². The minimum atomic E-state index is -1.22. The molecule has 3 aliphatic rings. The van der Waals surface area contributed by atoms with Crippen molar-refractivity contribution in [2.24, 2.45) is 22.2 Å². The number of amides is 1. The highest BCUT2D eigenvalue weighted by Crippen LogP contribution is 2.46. The number of hydrogen-bond donors (Lipinski definition) is 5. The molecular formula is C18H26ClN7O3. The predicted molar refractivity (Wildman–Crippen MR) is 109 cm³/mol. The Balaban J connectivity index is 1.42. The van der Waals surface area contributed by atoms with Crippen LogP contribution in [0.4, 0.5) is 5.69 Å². The normalized spacial score (nSPS) is 27.9. The second-order valence-electron chi connectivity index (χ2n) is 8.13. The van der Waals surface area contributed by atoms with Gasteiger partial charge in [-0.15, -0.1) is 16.5 Å². The zero-order valence-corrected chi connectivity index (χ0v) is 16.7. The molecule has 3 heterocycles. The summed E-state index contributed by atoms with van der Waals surface area (Å²) in [5.74, 6) is -0.809. The molecule has 2 aliphatic heterocycles. The van der Waals surface area contributed by atoms with E-state index >= 15 is 0 Å². The van der Waals surface area contributed by atoms with E-state index in [1.165, 1.54) is 6.20 Å². The molecule has 10 nitrogen and oxygen atoms in total. The average molecular weight is 424 g/mol. The Kier molecular flexibility index (Phi) is 5.98. The monoisotopic (exact) mass is 423 g/mol. The van der Waals surface area contributed by atoms with Gasteiger partial charge in [0.25, 0.3) is 0 Å². The van der Waals surface area contributed by atoms with Gasteiger partial charge in [0, 0.05) is 43.9 Å². The lowest BCUT2D eigenvalue weighted by molar-refractivity contribution is -0.121. The highest BCUT2D eigenvalue weighted by Gasteiger charge is 2.49. The number of hydrogen-bond acceptors (Lipinski definition) is 9. The molecule has 3 fully saturated rings.